The lowest BCUT2D eigenvalue weighted by Crippen LogP contribution is -2.29. The Morgan fingerprint density at radius 2 is 1.93 bits per heavy atom. The number of halogens is 1. The molecular weight excluding hydrogens is 620 g/mol. The maximum absolute atomic E-state index is 14.0. The Bertz CT molecular complexity index is 1920. The van der Waals surface area contributed by atoms with Crippen LogP contribution < -0.4 is 15.1 Å². The van der Waals surface area contributed by atoms with Crippen molar-refractivity contribution in [2.24, 2.45) is 0 Å². The Hall–Kier alpha value is -4.54. The molecule has 5 aromatic rings. The zero-order valence-electron chi connectivity index (χ0n) is 22.3. The van der Waals surface area contributed by atoms with E-state index in [1.54, 1.807) is 37.3 Å². The second-order valence-electron chi connectivity index (χ2n) is 9.54. The predicted molar refractivity (Wildman–Crippen MR) is 163 cm³/mol. The number of hydrogen-bond acceptors (Lipinski definition) is 8. The number of carbonyl (C=O) groups excluding carboxylic acids is 2. The average Bonchev–Trinajstić information content (AvgIpc) is 3.53. The van der Waals surface area contributed by atoms with E-state index in [1.807, 2.05) is 42.5 Å². The highest BCUT2D eigenvalue weighted by molar-refractivity contribution is 9.10. The van der Waals surface area contributed by atoms with E-state index in [1.165, 1.54) is 11.0 Å². The van der Waals surface area contributed by atoms with Crippen molar-refractivity contribution in [3.8, 4) is 5.75 Å². The molecule has 0 spiro atoms. The number of aromatic nitrogens is 1. The Morgan fingerprint density at radius 3 is 2.71 bits per heavy atom. The van der Waals surface area contributed by atoms with Crippen molar-refractivity contribution in [1.29, 1.82) is 0 Å². The van der Waals surface area contributed by atoms with Crippen molar-refractivity contribution in [1.82, 2.24) is 4.98 Å². The number of fused-ring (bicyclic) bond motifs is 2. The molecule has 8 nitrogen and oxygen atoms in total. The number of rotatable bonds is 8. The van der Waals surface area contributed by atoms with Crippen LogP contribution in [0.3, 0.4) is 0 Å². The van der Waals surface area contributed by atoms with Crippen LogP contribution in [0.2, 0.25) is 0 Å². The Morgan fingerprint density at radius 1 is 1.12 bits per heavy atom. The van der Waals surface area contributed by atoms with Crippen LogP contribution in [-0.2, 0) is 11.3 Å². The van der Waals surface area contributed by atoms with Crippen LogP contribution in [0.15, 0.2) is 99.1 Å². The van der Waals surface area contributed by atoms with Crippen molar-refractivity contribution in [2.75, 3.05) is 11.5 Å². The predicted octanol–water partition coefficient (Wildman–Crippen LogP) is 6.99. The van der Waals surface area contributed by atoms with Gasteiger partial charge in [-0.2, -0.15) is 0 Å². The molecule has 1 aliphatic rings. The summed E-state index contributed by atoms with van der Waals surface area (Å²) in [5, 5.41) is 0.572. The number of hydrogen-bond donors (Lipinski definition) is 0. The molecule has 0 N–H and O–H groups in total. The van der Waals surface area contributed by atoms with Gasteiger partial charge in [0.2, 0.25) is 5.76 Å². The quantitative estimate of drug-likeness (QED) is 0.133. The fourth-order valence-corrected chi connectivity index (χ4v) is 6.20. The molecule has 3 heterocycles. The summed E-state index contributed by atoms with van der Waals surface area (Å²) in [7, 11) is 0. The number of amides is 1. The largest absolute Gasteiger partial charge is 0.489 e. The number of benzene rings is 3. The molecule has 3 aromatic carbocycles. The number of carbonyl (C=O) groups is 2. The minimum Gasteiger partial charge on any atom is -0.489 e. The van der Waals surface area contributed by atoms with Crippen LogP contribution in [0.25, 0.3) is 11.0 Å². The monoisotopic (exact) mass is 642 g/mol. The van der Waals surface area contributed by atoms with Crippen molar-refractivity contribution in [3.63, 3.8) is 0 Å². The third-order valence-corrected chi connectivity index (χ3v) is 8.39. The summed E-state index contributed by atoms with van der Waals surface area (Å²) in [6.45, 7) is 5.62. The van der Waals surface area contributed by atoms with Gasteiger partial charge in [0.05, 0.1) is 22.7 Å². The molecule has 0 saturated heterocycles. The standard InChI is InChI=1S/C32H23BrN2O6S/c1-3-14-39-31(38)29-18(2)34-32(42-29)35-26(20-10-7-11-22(15-20)40-17-19-8-5-4-6-9-19)25-27(36)23-16-21(33)12-13-24(23)41-28(25)30(35)37/h3-13,15-16,26H,1,14,17H2,2H3. The summed E-state index contributed by atoms with van der Waals surface area (Å²) in [6, 6.07) is 21.2. The van der Waals surface area contributed by atoms with Gasteiger partial charge in [-0.15, -0.1) is 0 Å². The van der Waals surface area contributed by atoms with E-state index in [9.17, 15) is 14.4 Å². The Balaban J connectivity index is 1.48. The summed E-state index contributed by atoms with van der Waals surface area (Å²) < 4.78 is 18.0. The van der Waals surface area contributed by atoms with Crippen LogP contribution in [0.5, 0.6) is 5.75 Å². The molecule has 1 amide bonds. The first-order valence-electron chi connectivity index (χ1n) is 13.0. The summed E-state index contributed by atoms with van der Waals surface area (Å²) in [5.41, 5.74) is 2.17. The Labute approximate surface area is 253 Å². The highest BCUT2D eigenvalue weighted by atomic mass is 79.9. The van der Waals surface area contributed by atoms with Gasteiger partial charge in [-0.1, -0.05) is 82.4 Å². The summed E-state index contributed by atoms with van der Waals surface area (Å²) in [5.74, 6) is -0.613. The number of anilines is 1. The zero-order chi connectivity index (χ0) is 29.4. The first-order valence-corrected chi connectivity index (χ1v) is 14.6. The van der Waals surface area contributed by atoms with Gasteiger partial charge in [0, 0.05) is 4.47 Å². The summed E-state index contributed by atoms with van der Waals surface area (Å²) in [6.07, 6.45) is 1.47. The molecule has 0 bridgehead atoms. The zero-order valence-corrected chi connectivity index (χ0v) is 24.7. The summed E-state index contributed by atoms with van der Waals surface area (Å²) in [4.78, 5) is 46.9. The van der Waals surface area contributed by atoms with E-state index in [2.05, 4.69) is 27.5 Å². The van der Waals surface area contributed by atoms with Gasteiger partial charge in [0.1, 0.15) is 29.4 Å². The Kier molecular flexibility index (Phi) is 7.49. The van der Waals surface area contributed by atoms with Gasteiger partial charge in [0.25, 0.3) is 5.91 Å². The maximum Gasteiger partial charge on any atom is 0.350 e. The molecule has 1 unspecified atom stereocenters. The molecule has 42 heavy (non-hydrogen) atoms. The van der Waals surface area contributed by atoms with Gasteiger partial charge in [0.15, 0.2) is 10.6 Å². The van der Waals surface area contributed by atoms with Crippen LogP contribution in [0.4, 0.5) is 5.13 Å². The van der Waals surface area contributed by atoms with Crippen LogP contribution in [0.1, 0.15) is 48.7 Å². The topological polar surface area (TPSA) is 98.9 Å². The molecule has 0 aliphatic carbocycles. The number of nitrogens with zero attached hydrogens (tertiary/aromatic N) is 2. The molecule has 0 radical (unpaired) electrons. The third kappa shape index (κ3) is 5.03. The number of thiazole rings is 1. The summed E-state index contributed by atoms with van der Waals surface area (Å²) >= 11 is 4.44. The maximum atomic E-state index is 14.0. The lowest BCUT2D eigenvalue weighted by molar-refractivity contribution is 0.0554. The van der Waals surface area contributed by atoms with E-state index < -0.39 is 17.9 Å². The highest BCUT2D eigenvalue weighted by Gasteiger charge is 2.45. The first-order chi connectivity index (χ1) is 20.4. The third-order valence-electron chi connectivity index (χ3n) is 6.76. The minimum atomic E-state index is -0.880. The van der Waals surface area contributed by atoms with Crippen LogP contribution in [0, 0.1) is 6.92 Å². The molecule has 0 saturated carbocycles. The molecule has 6 rings (SSSR count). The van der Waals surface area contributed by atoms with E-state index in [4.69, 9.17) is 13.9 Å². The van der Waals surface area contributed by atoms with Gasteiger partial charge >= 0.3 is 5.97 Å². The average molecular weight is 644 g/mol. The van der Waals surface area contributed by atoms with E-state index in [-0.39, 0.29) is 33.4 Å². The van der Waals surface area contributed by atoms with Gasteiger partial charge in [-0.25, -0.2) is 9.78 Å². The first kappa shape index (κ1) is 27.6. The SMILES string of the molecule is C=CCOC(=O)c1sc(N2C(=O)c3oc4ccc(Br)cc4c(=O)c3C2c2cccc(OCc3ccccc3)c2)nc1C. The van der Waals surface area contributed by atoms with Crippen molar-refractivity contribution in [2.45, 2.75) is 19.6 Å². The smallest absolute Gasteiger partial charge is 0.350 e. The molecule has 1 atom stereocenters. The fraction of sp³-hybridized carbons (Fsp3) is 0.125. The number of aryl methyl sites for hydroxylation is 1. The van der Waals surface area contributed by atoms with E-state index in [0.29, 0.717) is 39.1 Å². The van der Waals surface area contributed by atoms with Crippen molar-refractivity contribution >= 4 is 55.2 Å². The molecule has 210 valence electrons. The van der Waals surface area contributed by atoms with Gasteiger partial charge in [-0.05, 0) is 48.4 Å². The molecular formula is C32H23BrN2O6S. The minimum absolute atomic E-state index is 0.0402. The van der Waals surface area contributed by atoms with Crippen molar-refractivity contribution in [3.05, 3.63) is 133 Å². The van der Waals surface area contributed by atoms with E-state index >= 15 is 0 Å². The van der Waals surface area contributed by atoms with Gasteiger partial charge in [-0.3, -0.25) is 14.5 Å². The number of esters is 1. The van der Waals surface area contributed by atoms with E-state index in [0.717, 1.165) is 16.9 Å². The number of ether oxygens (including phenoxy) is 2. The molecule has 1 aliphatic heterocycles. The van der Waals surface area contributed by atoms with Crippen LogP contribution >= 0.6 is 27.3 Å². The second kappa shape index (κ2) is 11.4. The second-order valence-corrected chi connectivity index (χ2v) is 11.4. The lowest BCUT2D eigenvalue weighted by Gasteiger charge is -2.23. The molecule has 2 aromatic heterocycles. The lowest BCUT2D eigenvalue weighted by atomic mass is 9.98. The fourth-order valence-electron chi connectivity index (χ4n) is 4.85. The van der Waals surface area contributed by atoms with Crippen LogP contribution in [-0.4, -0.2) is 23.5 Å². The normalized spacial score (nSPS) is 14.2. The van der Waals surface area contributed by atoms with Gasteiger partial charge < -0.3 is 13.9 Å². The molecule has 0 fully saturated rings. The molecule has 10 heteroatoms. The van der Waals surface area contributed by atoms with Crippen molar-refractivity contribution < 1.29 is 23.5 Å². The highest BCUT2D eigenvalue weighted by Crippen LogP contribution is 2.44.